The van der Waals surface area contributed by atoms with Crippen LogP contribution in [-0.4, -0.2) is 26.7 Å². The Morgan fingerprint density at radius 3 is 2.16 bits per heavy atom. The van der Waals surface area contributed by atoms with Crippen LogP contribution in [0.1, 0.15) is 26.3 Å². The van der Waals surface area contributed by atoms with Crippen LogP contribution < -0.4 is 0 Å². The number of fused-ring (bicyclic) bond motifs is 1. The predicted molar refractivity (Wildman–Crippen MR) is 95.8 cm³/mol. The van der Waals surface area contributed by atoms with Crippen LogP contribution in [0.3, 0.4) is 0 Å². The Hall–Kier alpha value is -2.86. The van der Waals surface area contributed by atoms with Gasteiger partial charge in [0.1, 0.15) is 0 Å². The average molecular weight is 394 g/mol. The van der Waals surface area contributed by atoms with Gasteiger partial charge in [-0.3, -0.25) is 14.5 Å². The number of carbonyl (C=O) groups is 2. The van der Waals surface area contributed by atoms with E-state index in [0.717, 1.165) is 15.6 Å². The van der Waals surface area contributed by atoms with Gasteiger partial charge in [0.25, 0.3) is 11.8 Å². The highest BCUT2D eigenvalue weighted by molar-refractivity contribution is 9.10. The van der Waals surface area contributed by atoms with E-state index in [4.69, 9.17) is 0 Å². The van der Waals surface area contributed by atoms with Crippen molar-refractivity contribution in [2.24, 2.45) is 0 Å². The van der Waals surface area contributed by atoms with Gasteiger partial charge in [-0.2, -0.15) is 0 Å². The first-order valence-electron chi connectivity index (χ1n) is 7.65. The number of nitrogens with zero attached hydrogens (tertiary/aromatic N) is 3. The van der Waals surface area contributed by atoms with Crippen molar-refractivity contribution in [1.82, 2.24) is 14.9 Å². The first-order valence-corrected chi connectivity index (χ1v) is 8.45. The molecule has 0 N–H and O–H groups in total. The molecule has 0 fully saturated rings. The lowest BCUT2D eigenvalue weighted by Gasteiger charge is -2.14. The van der Waals surface area contributed by atoms with Crippen LogP contribution in [0.25, 0.3) is 11.4 Å². The maximum Gasteiger partial charge on any atom is 0.261 e. The standard InChI is InChI=1S/C19H12BrN3O2/c20-14-9-21-17(22-10-14)13-5-3-4-12(8-13)11-23-18(24)15-6-1-2-7-16(15)19(23)25/h1-10H,11H2. The molecule has 0 saturated carbocycles. The lowest BCUT2D eigenvalue weighted by molar-refractivity contribution is 0.0642. The molecule has 2 amide bonds. The van der Waals surface area contributed by atoms with Gasteiger partial charge in [0.05, 0.1) is 22.1 Å². The summed E-state index contributed by atoms with van der Waals surface area (Å²) in [6.45, 7) is 0.219. The Bertz CT molecular complexity index is 951. The van der Waals surface area contributed by atoms with Crippen LogP contribution >= 0.6 is 15.9 Å². The van der Waals surface area contributed by atoms with Gasteiger partial charge < -0.3 is 0 Å². The van der Waals surface area contributed by atoms with E-state index in [-0.39, 0.29) is 18.4 Å². The highest BCUT2D eigenvalue weighted by Crippen LogP contribution is 2.25. The van der Waals surface area contributed by atoms with E-state index in [1.54, 1.807) is 36.7 Å². The maximum absolute atomic E-state index is 12.5. The van der Waals surface area contributed by atoms with E-state index in [1.165, 1.54) is 4.90 Å². The highest BCUT2D eigenvalue weighted by atomic mass is 79.9. The Balaban J connectivity index is 1.62. The molecule has 2 aromatic carbocycles. The second-order valence-electron chi connectivity index (χ2n) is 5.67. The third-order valence-electron chi connectivity index (χ3n) is 4.02. The van der Waals surface area contributed by atoms with Gasteiger partial charge in [0.15, 0.2) is 5.82 Å². The molecule has 0 atom stereocenters. The van der Waals surface area contributed by atoms with Crippen molar-refractivity contribution in [3.8, 4) is 11.4 Å². The summed E-state index contributed by atoms with van der Waals surface area (Å²) in [6.07, 6.45) is 3.36. The SMILES string of the molecule is O=C1c2ccccc2C(=O)N1Cc1cccc(-c2ncc(Br)cn2)c1. The zero-order valence-corrected chi connectivity index (χ0v) is 14.6. The van der Waals surface area contributed by atoms with Crippen molar-refractivity contribution in [3.05, 3.63) is 82.1 Å². The molecule has 0 saturated heterocycles. The van der Waals surface area contributed by atoms with E-state index in [0.29, 0.717) is 17.0 Å². The monoisotopic (exact) mass is 393 g/mol. The minimum absolute atomic E-state index is 0.219. The molecule has 3 aromatic rings. The molecule has 6 heteroatoms. The first-order chi connectivity index (χ1) is 12.1. The number of hydrogen-bond donors (Lipinski definition) is 0. The molecular weight excluding hydrogens is 382 g/mol. The third kappa shape index (κ3) is 2.85. The fraction of sp³-hybridized carbons (Fsp3) is 0.0526. The van der Waals surface area contributed by atoms with Crippen molar-refractivity contribution in [3.63, 3.8) is 0 Å². The molecule has 1 aliphatic rings. The van der Waals surface area contributed by atoms with Crippen molar-refractivity contribution >= 4 is 27.7 Å². The Morgan fingerprint density at radius 2 is 1.52 bits per heavy atom. The molecule has 1 aliphatic heterocycles. The number of halogens is 1. The lowest BCUT2D eigenvalue weighted by atomic mass is 10.1. The summed E-state index contributed by atoms with van der Waals surface area (Å²) in [6, 6.07) is 14.4. The minimum atomic E-state index is -0.258. The zero-order chi connectivity index (χ0) is 17.4. The molecule has 25 heavy (non-hydrogen) atoms. The summed E-state index contributed by atoms with van der Waals surface area (Å²) in [5.41, 5.74) is 2.60. The molecule has 0 bridgehead atoms. The van der Waals surface area contributed by atoms with Crippen LogP contribution in [0.5, 0.6) is 0 Å². The summed E-state index contributed by atoms with van der Waals surface area (Å²) in [4.78, 5) is 34.8. The molecule has 2 heterocycles. The Labute approximate surface area is 152 Å². The van der Waals surface area contributed by atoms with Gasteiger partial charge in [-0.1, -0.05) is 30.3 Å². The quantitative estimate of drug-likeness (QED) is 0.636. The number of carbonyl (C=O) groups excluding carboxylic acids is 2. The Morgan fingerprint density at radius 1 is 0.880 bits per heavy atom. The largest absolute Gasteiger partial charge is 0.270 e. The van der Waals surface area contributed by atoms with E-state index in [1.807, 2.05) is 24.3 Å². The zero-order valence-electron chi connectivity index (χ0n) is 13.0. The summed E-state index contributed by atoms with van der Waals surface area (Å²) >= 11 is 3.31. The van der Waals surface area contributed by atoms with E-state index < -0.39 is 0 Å². The smallest absolute Gasteiger partial charge is 0.261 e. The van der Waals surface area contributed by atoms with Gasteiger partial charge in [0, 0.05) is 18.0 Å². The maximum atomic E-state index is 12.5. The van der Waals surface area contributed by atoms with Gasteiger partial charge in [0.2, 0.25) is 0 Å². The van der Waals surface area contributed by atoms with Crippen molar-refractivity contribution in [1.29, 1.82) is 0 Å². The summed E-state index contributed by atoms with van der Waals surface area (Å²) in [7, 11) is 0. The van der Waals surface area contributed by atoms with Gasteiger partial charge in [-0.25, -0.2) is 9.97 Å². The average Bonchev–Trinajstić information content (AvgIpc) is 2.88. The number of rotatable bonds is 3. The Kier molecular flexibility index (Phi) is 3.89. The van der Waals surface area contributed by atoms with Gasteiger partial charge >= 0.3 is 0 Å². The molecule has 122 valence electrons. The molecule has 0 aliphatic carbocycles. The van der Waals surface area contributed by atoms with Crippen molar-refractivity contribution in [2.45, 2.75) is 6.54 Å². The first kappa shape index (κ1) is 15.7. The molecular formula is C19H12BrN3O2. The second kappa shape index (κ2) is 6.22. The highest BCUT2D eigenvalue weighted by Gasteiger charge is 2.34. The predicted octanol–water partition coefficient (Wildman–Crippen LogP) is 3.70. The van der Waals surface area contributed by atoms with Crippen molar-refractivity contribution in [2.75, 3.05) is 0 Å². The van der Waals surface area contributed by atoms with Gasteiger partial charge in [-0.15, -0.1) is 0 Å². The fourth-order valence-corrected chi connectivity index (χ4v) is 3.04. The molecule has 0 unspecified atom stereocenters. The van der Waals surface area contributed by atoms with Crippen LogP contribution in [0.15, 0.2) is 65.4 Å². The normalized spacial score (nSPS) is 13.2. The van der Waals surface area contributed by atoms with Crippen LogP contribution in [-0.2, 0) is 6.54 Å². The number of imide groups is 1. The fourth-order valence-electron chi connectivity index (χ4n) is 2.84. The topological polar surface area (TPSA) is 63.2 Å². The second-order valence-corrected chi connectivity index (χ2v) is 6.58. The van der Waals surface area contributed by atoms with Crippen LogP contribution in [0.4, 0.5) is 0 Å². The van der Waals surface area contributed by atoms with E-state index in [2.05, 4.69) is 25.9 Å². The van der Waals surface area contributed by atoms with E-state index >= 15 is 0 Å². The molecule has 1 aromatic heterocycles. The number of hydrogen-bond acceptors (Lipinski definition) is 4. The lowest BCUT2D eigenvalue weighted by Crippen LogP contribution is -2.29. The molecule has 0 radical (unpaired) electrons. The molecule has 0 spiro atoms. The van der Waals surface area contributed by atoms with Gasteiger partial charge in [-0.05, 0) is 39.7 Å². The van der Waals surface area contributed by atoms with Crippen LogP contribution in [0, 0.1) is 0 Å². The molecule has 4 rings (SSSR count). The summed E-state index contributed by atoms with van der Waals surface area (Å²) in [5.74, 6) is 0.0733. The third-order valence-corrected chi connectivity index (χ3v) is 4.43. The number of benzene rings is 2. The minimum Gasteiger partial charge on any atom is -0.270 e. The summed E-state index contributed by atoms with van der Waals surface area (Å²) < 4.78 is 0.804. The van der Waals surface area contributed by atoms with Crippen LogP contribution in [0.2, 0.25) is 0 Å². The molecule has 5 nitrogen and oxygen atoms in total. The van der Waals surface area contributed by atoms with Crippen molar-refractivity contribution < 1.29 is 9.59 Å². The number of aromatic nitrogens is 2. The number of amides is 2. The summed E-state index contributed by atoms with van der Waals surface area (Å²) in [5, 5.41) is 0. The van der Waals surface area contributed by atoms with E-state index in [9.17, 15) is 9.59 Å².